The van der Waals surface area contributed by atoms with Gasteiger partial charge in [-0.05, 0) is 17.9 Å². The molecule has 1 aromatic carbocycles. The number of rotatable bonds is 2. The topological polar surface area (TPSA) is 42.2 Å². The zero-order chi connectivity index (χ0) is 14.1. The summed E-state index contributed by atoms with van der Waals surface area (Å²) < 4.78 is 0. The van der Waals surface area contributed by atoms with Gasteiger partial charge >= 0.3 is 0 Å². The molecule has 1 aliphatic rings. The zero-order valence-corrected chi connectivity index (χ0v) is 12.9. The van der Waals surface area contributed by atoms with Crippen LogP contribution in [-0.2, 0) is 6.54 Å². The van der Waals surface area contributed by atoms with Crippen molar-refractivity contribution >= 4 is 28.4 Å². The minimum absolute atomic E-state index is 0.508. The third-order valence-corrected chi connectivity index (χ3v) is 5.57. The molecule has 0 bridgehead atoms. The summed E-state index contributed by atoms with van der Waals surface area (Å²) in [5, 5.41) is 3.10. The van der Waals surface area contributed by atoms with Crippen LogP contribution in [0.5, 0.6) is 0 Å². The summed E-state index contributed by atoms with van der Waals surface area (Å²) in [7, 11) is 0. The maximum absolute atomic E-state index is 5.84. The van der Waals surface area contributed by atoms with Crippen LogP contribution in [0, 0.1) is 0 Å². The molecule has 3 nitrogen and oxygen atoms in total. The van der Waals surface area contributed by atoms with Gasteiger partial charge in [0, 0.05) is 41.7 Å². The van der Waals surface area contributed by atoms with Gasteiger partial charge in [-0.3, -0.25) is 0 Å². The first-order chi connectivity index (χ1) is 9.72. The lowest BCUT2D eigenvalue weighted by Gasteiger charge is -2.39. The summed E-state index contributed by atoms with van der Waals surface area (Å²) >= 11 is 2.05. The monoisotopic (exact) mass is 287 g/mol. The lowest BCUT2D eigenvalue weighted by Crippen LogP contribution is -2.45. The van der Waals surface area contributed by atoms with Gasteiger partial charge in [0.05, 0.1) is 0 Å². The summed E-state index contributed by atoms with van der Waals surface area (Å²) in [5.74, 6) is 2.28. The quantitative estimate of drug-likeness (QED) is 0.922. The first kappa shape index (κ1) is 13.7. The SMILES string of the molecule is CC1SCCN(c2ncc(CN)c3ccccc23)C1C. The van der Waals surface area contributed by atoms with E-state index < -0.39 is 0 Å². The predicted octanol–water partition coefficient (Wildman–Crippen LogP) is 3.02. The van der Waals surface area contributed by atoms with Gasteiger partial charge in [0.2, 0.25) is 0 Å². The Morgan fingerprint density at radius 3 is 2.80 bits per heavy atom. The molecule has 4 heteroatoms. The standard InChI is InChI=1S/C16H21N3S/c1-11-12(2)20-8-7-19(11)16-15-6-4-3-5-14(15)13(9-17)10-18-16/h3-6,10-12H,7-9,17H2,1-2H3. The first-order valence-electron chi connectivity index (χ1n) is 7.17. The molecule has 20 heavy (non-hydrogen) atoms. The van der Waals surface area contributed by atoms with Crippen LogP contribution >= 0.6 is 11.8 Å². The number of fused-ring (bicyclic) bond motifs is 1. The Hall–Kier alpha value is -1.26. The molecule has 1 aliphatic heterocycles. The average molecular weight is 287 g/mol. The first-order valence-corrected chi connectivity index (χ1v) is 8.22. The second kappa shape index (κ2) is 5.62. The summed E-state index contributed by atoms with van der Waals surface area (Å²) in [6.07, 6.45) is 1.94. The summed E-state index contributed by atoms with van der Waals surface area (Å²) in [6.45, 7) is 6.20. The number of pyridine rings is 1. The number of thioether (sulfide) groups is 1. The van der Waals surface area contributed by atoms with E-state index in [4.69, 9.17) is 10.7 Å². The molecular weight excluding hydrogens is 266 g/mol. The van der Waals surface area contributed by atoms with Gasteiger partial charge in [0.25, 0.3) is 0 Å². The van der Waals surface area contributed by atoms with Crippen LogP contribution in [0.4, 0.5) is 5.82 Å². The normalized spacial score (nSPS) is 23.2. The highest BCUT2D eigenvalue weighted by atomic mass is 32.2. The van der Waals surface area contributed by atoms with E-state index >= 15 is 0 Å². The fraction of sp³-hybridized carbons (Fsp3) is 0.438. The van der Waals surface area contributed by atoms with Crippen molar-refractivity contribution in [1.29, 1.82) is 0 Å². The number of benzene rings is 1. The predicted molar refractivity (Wildman–Crippen MR) is 88.4 cm³/mol. The van der Waals surface area contributed by atoms with E-state index in [1.807, 2.05) is 18.0 Å². The molecule has 1 aromatic heterocycles. The molecule has 2 atom stereocenters. The van der Waals surface area contributed by atoms with Crippen LogP contribution < -0.4 is 10.6 Å². The highest BCUT2D eigenvalue weighted by molar-refractivity contribution is 8.00. The molecule has 0 saturated carbocycles. The van der Waals surface area contributed by atoms with Gasteiger partial charge in [-0.15, -0.1) is 0 Å². The number of nitrogens with two attached hydrogens (primary N) is 1. The van der Waals surface area contributed by atoms with Crippen LogP contribution in [0.3, 0.4) is 0 Å². The van der Waals surface area contributed by atoms with Gasteiger partial charge in [-0.1, -0.05) is 31.2 Å². The van der Waals surface area contributed by atoms with Crippen LogP contribution in [0.15, 0.2) is 30.5 Å². The van der Waals surface area contributed by atoms with Crippen LogP contribution in [0.25, 0.3) is 10.8 Å². The molecule has 2 N–H and O–H groups in total. The number of nitrogens with zero attached hydrogens (tertiary/aromatic N) is 2. The zero-order valence-electron chi connectivity index (χ0n) is 12.0. The van der Waals surface area contributed by atoms with E-state index in [0.717, 1.165) is 17.9 Å². The second-order valence-electron chi connectivity index (χ2n) is 5.37. The van der Waals surface area contributed by atoms with Gasteiger partial charge < -0.3 is 10.6 Å². The Balaban J connectivity index is 2.12. The van der Waals surface area contributed by atoms with Gasteiger partial charge in [0.15, 0.2) is 0 Å². The molecule has 2 aromatic rings. The van der Waals surface area contributed by atoms with Crippen molar-refractivity contribution in [2.24, 2.45) is 5.73 Å². The van der Waals surface area contributed by atoms with Crippen LogP contribution in [0.2, 0.25) is 0 Å². The van der Waals surface area contributed by atoms with E-state index in [2.05, 4.69) is 43.0 Å². The minimum atomic E-state index is 0.508. The maximum atomic E-state index is 5.84. The highest BCUT2D eigenvalue weighted by Crippen LogP contribution is 2.33. The lowest BCUT2D eigenvalue weighted by molar-refractivity contribution is 0.622. The summed E-state index contributed by atoms with van der Waals surface area (Å²) in [4.78, 5) is 7.17. The van der Waals surface area contributed by atoms with Crippen LogP contribution in [-0.4, -0.2) is 28.6 Å². The summed E-state index contributed by atoms with van der Waals surface area (Å²) in [5.41, 5.74) is 6.96. The smallest absolute Gasteiger partial charge is 0.136 e. The van der Waals surface area contributed by atoms with Crippen molar-refractivity contribution in [3.8, 4) is 0 Å². The van der Waals surface area contributed by atoms with Crippen molar-refractivity contribution in [3.63, 3.8) is 0 Å². The molecule has 0 radical (unpaired) electrons. The van der Waals surface area contributed by atoms with E-state index in [9.17, 15) is 0 Å². The van der Waals surface area contributed by atoms with Crippen molar-refractivity contribution in [1.82, 2.24) is 4.98 Å². The molecule has 2 unspecified atom stereocenters. The highest BCUT2D eigenvalue weighted by Gasteiger charge is 2.27. The Morgan fingerprint density at radius 2 is 2.05 bits per heavy atom. The number of aromatic nitrogens is 1. The van der Waals surface area contributed by atoms with Crippen molar-refractivity contribution in [2.75, 3.05) is 17.2 Å². The molecule has 106 valence electrons. The van der Waals surface area contributed by atoms with Crippen molar-refractivity contribution in [3.05, 3.63) is 36.0 Å². The largest absolute Gasteiger partial charge is 0.351 e. The third-order valence-electron chi connectivity index (χ3n) is 4.23. The van der Waals surface area contributed by atoms with E-state index in [-0.39, 0.29) is 0 Å². The number of hydrogen-bond donors (Lipinski definition) is 1. The fourth-order valence-electron chi connectivity index (χ4n) is 2.86. The summed E-state index contributed by atoms with van der Waals surface area (Å²) in [6, 6.07) is 8.98. The van der Waals surface area contributed by atoms with E-state index in [0.29, 0.717) is 17.8 Å². The average Bonchev–Trinajstić information content (AvgIpc) is 2.49. The lowest BCUT2D eigenvalue weighted by atomic mass is 10.1. The molecule has 0 spiro atoms. The molecule has 0 amide bonds. The molecule has 1 saturated heterocycles. The molecule has 0 aliphatic carbocycles. The van der Waals surface area contributed by atoms with E-state index in [1.165, 1.54) is 16.5 Å². The molecule has 2 heterocycles. The van der Waals surface area contributed by atoms with E-state index in [1.54, 1.807) is 0 Å². The van der Waals surface area contributed by atoms with Crippen molar-refractivity contribution < 1.29 is 0 Å². The molecule has 1 fully saturated rings. The Labute approximate surface area is 124 Å². The Morgan fingerprint density at radius 1 is 1.30 bits per heavy atom. The van der Waals surface area contributed by atoms with Crippen LogP contribution in [0.1, 0.15) is 19.4 Å². The number of anilines is 1. The van der Waals surface area contributed by atoms with Gasteiger partial charge in [-0.25, -0.2) is 4.98 Å². The maximum Gasteiger partial charge on any atom is 0.136 e. The third kappa shape index (κ3) is 2.27. The Bertz CT molecular complexity index is 614. The van der Waals surface area contributed by atoms with Crippen molar-refractivity contribution in [2.45, 2.75) is 31.7 Å². The number of hydrogen-bond acceptors (Lipinski definition) is 4. The van der Waals surface area contributed by atoms with Gasteiger partial charge in [-0.2, -0.15) is 11.8 Å². The van der Waals surface area contributed by atoms with Gasteiger partial charge in [0.1, 0.15) is 5.82 Å². The molecular formula is C16H21N3S. The fourth-order valence-corrected chi connectivity index (χ4v) is 3.96. The second-order valence-corrected chi connectivity index (χ2v) is 6.85. The minimum Gasteiger partial charge on any atom is -0.351 e. The Kier molecular flexibility index (Phi) is 3.85. The molecule has 3 rings (SSSR count).